The van der Waals surface area contributed by atoms with Crippen molar-refractivity contribution in [1.29, 1.82) is 0 Å². The van der Waals surface area contributed by atoms with E-state index in [1.165, 1.54) is 6.92 Å². The summed E-state index contributed by atoms with van der Waals surface area (Å²) in [6.07, 6.45) is 1.75. The largest absolute Gasteiger partial charge is 0.282 e. The van der Waals surface area contributed by atoms with Crippen molar-refractivity contribution in [1.82, 2.24) is 0 Å². The van der Waals surface area contributed by atoms with Gasteiger partial charge < -0.3 is 0 Å². The van der Waals surface area contributed by atoms with Crippen LogP contribution in [0.4, 0.5) is 11.4 Å². The van der Waals surface area contributed by atoms with Crippen molar-refractivity contribution in [3.05, 3.63) is 43.0 Å². The predicted octanol–water partition coefficient (Wildman–Crippen LogP) is 4.62. The van der Waals surface area contributed by atoms with Crippen LogP contribution in [0.5, 0.6) is 0 Å². The normalized spacial score (nSPS) is 19.8. The highest BCUT2D eigenvalue weighted by atomic mass is 16.6. The molecule has 1 aliphatic rings. The van der Waals surface area contributed by atoms with E-state index in [1.54, 1.807) is 6.07 Å². The van der Waals surface area contributed by atoms with Gasteiger partial charge in [-0.05, 0) is 42.6 Å². The van der Waals surface area contributed by atoms with Gasteiger partial charge in [0.15, 0.2) is 0 Å². The van der Waals surface area contributed by atoms with Gasteiger partial charge in [-0.25, -0.2) is 0 Å². The lowest BCUT2D eigenvalue weighted by Crippen LogP contribution is -2.29. The van der Waals surface area contributed by atoms with E-state index in [9.17, 15) is 20.2 Å². The summed E-state index contributed by atoms with van der Waals surface area (Å²) < 4.78 is 0. The van der Waals surface area contributed by atoms with Crippen LogP contribution in [0, 0.1) is 33.1 Å². The van der Waals surface area contributed by atoms with Gasteiger partial charge >= 0.3 is 0 Å². The molecular weight excluding hydrogens is 284 g/mol. The molecule has 120 valence electrons. The highest BCUT2D eigenvalue weighted by Gasteiger charge is 2.42. The van der Waals surface area contributed by atoms with Gasteiger partial charge in [0, 0.05) is 11.6 Å². The maximum atomic E-state index is 11.6. The highest BCUT2D eigenvalue weighted by Crippen LogP contribution is 2.51. The molecule has 2 rings (SSSR count). The van der Waals surface area contributed by atoms with E-state index >= 15 is 0 Å². The quantitative estimate of drug-likeness (QED) is 0.602. The van der Waals surface area contributed by atoms with Crippen LogP contribution in [0.1, 0.15) is 63.1 Å². The third-order valence-electron chi connectivity index (χ3n) is 4.93. The Bertz CT molecular complexity index is 650. The molecule has 6 nitrogen and oxygen atoms in total. The van der Waals surface area contributed by atoms with Crippen LogP contribution in [0.15, 0.2) is 6.07 Å². The molecule has 0 aromatic heterocycles. The fourth-order valence-corrected chi connectivity index (χ4v) is 3.60. The Morgan fingerprint density at radius 2 is 1.82 bits per heavy atom. The van der Waals surface area contributed by atoms with Crippen LogP contribution in [0.2, 0.25) is 0 Å². The smallest absolute Gasteiger partial charge is 0.258 e. The summed E-state index contributed by atoms with van der Waals surface area (Å²) in [5, 5.41) is 22.9. The molecule has 1 aliphatic carbocycles. The minimum atomic E-state index is -0.516. The summed E-state index contributed by atoms with van der Waals surface area (Å²) >= 11 is 0. The molecule has 0 amide bonds. The second-order valence-electron chi connectivity index (χ2n) is 7.12. The molecule has 1 aromatic carbocycles. The Labute approximate surface area is 129 Å². The fraction of sp³-hybridized carbons (Fsp3) is 0.625. The first-order chi connectivity index (χ1) is 10.1. The molecule has 0 radical (unpaired) electrons. The molecule has 0 N–H and O–H groups in total. The number of hydrogen-bond donors (Lipinski definition) is 0. The molecule has 0 fully saturated rings. The number of rotatable bonds is 3. The van der Waals surface area contributed by atoms with Gasteiger partial charge in [0.1, 0.15) is 5.56 Å². The van der Waals surface area contributed by atoms with Gasteiger partial charge in [-0.1, -0.05) is 27.7 Å². The van der Waals surface area contributed by atoms with Crippen LogP contribution in [-0.2, 0) is 5.41 Å². The van der Waals surface area contributed by atoms with Gasteiger partial charge in [-0.15, -0.1) is 0 Å². The van der Waals surface area contributed by atoms with Gasteiger partial charge in [0.2, 0.25) is 0 Å². The van der Waals surface area contributed by atoms with Gasteiger partial charge in [-0.3, -0.25) is 20.2 Å². The molecule has 0 saturated carbocycles. The Morgan fingerprint density at radius 3 is 2.27 bits per heavy atom. The molecule has 1 unspecified atom stereocenters. The first-order valence-corrected chi connectivity index (χ1v) is 7.54. The van der Waals surface area contributed by atoms with E-state index in [-0.39, 0.29) is 34.2 Å². The molecular formula is C16H22N2O4. The number of nitro groups is 2. The van der Waals surface area contributed by atoms with Crippen molar-refractivity contribution in [2.24, 2.45) is 5.92 Å². The predicted molar refractivity (Wildman–Crippen MR) is 84.3 cm³/mol. The Hall–Kier alpha value is -1.98. The lowest BCUT2D eigenvalue weighted by Gasteiger charge is -2.38. The van der Waals surface area contributed by atoms with Crippen LogP contribution in [0.3, 0.4) is 0 Å². The van der Waals surface area contributed by atoms with Crippen LogP contribution in [-0.4, -0.2) is 9.85 Å². The average molecular weight is 306 g/mol. The summed E-state index contributed by atoms with van der Waals surface area (Å²) in [7, 11) is 0. The topological polar surface area (TPSA) is 86.3 Å². The first-order valence-electron chi connectivity index (χ1n) is 7.54. The molecule has 0 heterocycles. The number of hydrogen-bond acceptors (Lipinski definition) is 4. The zero-order valence-electron chi connectivity index (χ0n) is 13.7. The maximum Gasteiger partial charge on any atom is 0.282 e. The van der Waals surface area contributed by atoms with Crippen molar-refractivity contribution in [3.8, 4) is 0 Å². The van der Waals surface area contributed by atoms with Crippen molar-refractivity contribution in [3.63, 3.8) is 0 Å². The summed E-state index contributed by atoms with van der Waals surface area (Å²) in [5.41, 5.74) is 1.14. The zero-order chi connectivity index (χ0) is 16.8. The minimum Gasteiger partial charge on any atom is -0.258 e. The van der Waals surface area contributed by atoms with E-state index < -0.39 is 9.85 Å². The van der Waals surface area contributed by atoms with E-state index in [2.05, 4.69) is 0 Å². The second kappa shape index (κ2) is 5.34. The van der Waals surface area contributed by atoms with Crippen molar-refractivity contribution in [2.75, 3.05) is 0 Å². The van der Waals surface area contributed by atoms with Gasteiger partial charge in [-0.2, -0.15) is 0 Å². The maximum absolute atomic E-state index is 11.6. The van der Waals surface area contributed by atoms with Crippen LogP contribution >= 0.6 is 0 Å². The Balaban J connectivity index is 2.90. The zero-order valence-corrected chi connectivity index (χ0v) is 13.7. The second-order valence-corrected chi connectivity index (χ2v) is 7.12. The summed E-state index contributed by atoms with van der Waals surface area (Å²) in [5.74, 6) is 0.331. The Kier molecular flexibility index (Phi) is 3.98. The van der Waals surface area contributed by atoms with Crippen molar-refractivity contribution in [2.45, 2.75) is 58.8 Å². The standard InChI is InChI=1S/C16H22N2O4/c1-9(2)11-6-7-16(4,5)12-8-13(17(19)20)10(3)15(14(11)12)18(21)22/h8-9,11H,6-7H2,1-5H3. The summed E-state index contributed by atoms with van der Waals surface area (Å²) in [6.45, 7) is 9.59. The minimum absolute atomic E-state index is 0.0596. The summed E-state index contributed by atoms with van der Waals surface area (Å²) in [6, 6.07) is 1.56. The lowest BCUT2D eigenvalue weighted by molar-refractivity contribution is -0.396. The molecule has 1 aromatic rings. The number of benzene rings is 1. The third-order valence-corrected chi connectivity index (χ3v) is 4.93. The van der Waals surface area contributed by atoms with Crippen molar-refractivity contribution >= 4 is 11.4 Å². The molecule has 0 aliphatic heterocycles. The molecule has 0 bridgehead atoms. The lowest BCUT2D eigenvalue weighted by atomic mass is 9.65. The number of fused-ring (bicyclic) bond motifs is 1. The molecule has 6 heteroatoms. The van der Waals surface area contributed by atoms with E-state index in [0.717, 1.165) is 18.4 Å². The monoisotopic (exact) mass is 306 g/mol. The molecule has 22 heavy (non-hydrogen) atoms. The van der Waals surface area contributed by atoms with E-state index in [0.29, 0.717) is 5.56 Å². The molecule has 0 saturated heterocycles. The molecule has 1 atom stereocenters. The SMILES string of the molecule is Cc1c([N+](=O)[O-])cc2c(c1[N+](=O)[O-])C(C(C)C)CCC2(C)C. The highest BCUT2D eigenvalue weighted by molar-refractivity contribution is 5.64. The Morgan fingerprint density at radius 1 is 1.23 bits per heavy atom. The van der Waals surface area contributed by atoms with Crippen molar-refractivity contribution < 1.29 is 9.85 Å². The first kappa shape index (κ1) is 16.4. The van der Waals surface area contributed by atoms with E-state index in [4.69, 9.17) is 0 Å². The number of nitro benzene ring substituents is 2. The van der Waals surface area contributed by atoms with Crippen LogP contribution < -0.4 is 0 Å². The van der Waals surface area contributed by atoms with Gasteiger partial charge in [0.25, 0.3) is 11.4 Å². The molecule has 0 spiro atoms. The van der Waals surface area contributed by atoms with Gasteiger partial charge in [0.05, 0.1) is 9.85 Å². The number of nitrogens with zero attached hydrogens (tertiary/aromatic N) is 2. The van der Waals surface area contributed by atoms with Crippen LogP contribution in [0.25, 0.3) is 0 Å². The average Bonchev–Trinajstić information content (AvgIpc) is 2.36. The fourth-order valence-electron chi connectivity index (χ4n) is 3.60. The third kappa shape index (κ3) is 2.46. The summed E-state index contributed by atoms with van der Waals surface area (Å²) in [4.78, 5) is 22.0. The van der Waals surface area contributed by atoms with E-state index in [1.807, 2.05) is 27.7 Å².